The van der Waals surface area contributed by atoms with Gasteiger partial charge in [-0.05, 0) is 52.3 Å². The standard InChI is InChI=1S/C23H21BrN2O3/c1-27-21-13-18(24)22(28-2)12-16(21)14-26-20-11-7-6-10-19(20)25-23(26)15-29-17-8-4-3-5-9-17/h3-13H,14-15H2,1-2H3. The summed E-state index contributed by atoms with van der Waals surface area (Å²) in [5.74, 6) is 3.20. The van der Waals surface area contributed by atoms with Gasteiger partial charge in [0.2, 0.25) is 0 Å². The lowest BCUT2D eigenvalue weighted by molar-refractivity contribution is 0.291. The minimum atomic E-state index is 0.370. The second-order valence-corrected chi connectivity index (χ2v) is 7.36. The summed E-state index contributed by atoms with van der Waals surface area (Å²) in [7, 11) is 3.32. The van der Waals surface area contributed by atoms with Gasteiger partial charge in [-0.1, -0.05) is 30.3 Å². The van der Waals surface area contributed by atoms with Crippen molar-refractivity contribution in [3.63, 3.8) is 0 Å². The lowest BCUT2D eigenvalue weighted by atomic mass is 10.1. The van der Waals surface area contributed by atoms with Crippen molar-refractivity contribution in [2.75, 3.05) is 14.2 Å². The molecular formula is C23H21BrN2O3. The fourth-order valence-electron chi connectivity index (χ4n) is 3.29. The Hall–Kier alpha value is -2.99. The number of para-hydroxylation sites is 3. The van der Waals surface area contributed by atoms with E-state index in [0.29, 0.717) is 13.2 Å². The van der Waals surface area contributed by atoms with E-state index in [1.165, 1.54) is 0 Å². The van der Waals surface area contributed by atoms with Crippen molar-refractivity contribution in [2.24, 2.45) is 0 Å². The molecule has 0 aliphatic carbocycles. The number of ether oxygens (including phenoxy) is 3. The highest BCUT2D eigenvalue weighted by Crippen LogP contribution is 2.34. The number of rotatable bonds is 7. The zero-order valence-electron chi connectivity index (χ0n) is 16.3. The zero-order chi connectivity index (χ0) is 20.2. The third kappa shape index (κ3) is 4.07. The molecule has 1 aromatic heterocycles. The Balaban J connectivity index is 1.73. The largest absolute Gasteiger partial charge is 0.496 e. The smallest absolute Gasteiger partial charge is 0.148 e. The Kier molecular flexibility index (Phi) is 5.71. The molecule has 3 aromatic carbocycles. The van der Waals surface area contributed by atoms with E-state index in [0.717, 1.165) is 44.1 Å². The van der Waals surface area contributed by atoms with Crippen LogP contribution in [0.1, 0.15) is 11.4 Å². The molecule has 0 radical (unpaired) electrons. The van der Waals surface area contributed by atoms with E-state index >= 15 is 0 Å². The quantitative estimate of drug-likeness (QED) is 0.374. The molecule has 0 saturated heterocycles. The summed E-state index contributed by atoms with van der Waals surface area (Å²) in [6.45, 7) is 0.954. The number of fused-ring (bicyclic) bond motifs is 1. The highest BCUT2D eigenvalue weighted by Gasteiger charge is 2.16. The minimum Gasteiger partial charge on any atom is -0.496 e. The summed E-state index contributed by atoms with van der Waals surface area (Å²) >= 11 is 3.52. The molecule has 6 heteroatoms. The maximum atomic E-state index is 5.97. The van der Waals surface area contributed by atoms with Crippen LogP contribution in [-0.4, -0.2) is 23.8 Å². The lowest BCUT2D eigenvalue weighted by Gasteiger charge is -2.15. The zero-order valence-corrected chi connectivity index (χ0v) is 17.8. The number of nitrogens with zero attached hydrogens (tertiary/aromatic N) is 2. The fraction of sp³-hybridized carbons (Fsp3) is 0.174. The summed E-state index contributed by atoms with van der Waals surface area (Å²) in [6.07, 6.45) is 0. The predicted molar refractivity (Wildman–Crippen MR) is 117 cm³/mol. The van der Waals surface area contributed by atoms with E-state index in [9.17, 15) is 0 Å². The van der Waals surface area contributed by atoms with Crippen LogP contribution in [0.2, 0.25) is 0 Å². The van der Waals surface area contributed by atoms with Crippen molar-refractivity contribution in [3.05, 3.63) is 82.6 Å². The van der Waals surface area contributed by atoms with Crippen LogP contribution in [0.25, 0.3) is 11.0 Å². The van der Waals surface area contributed by atoms with Crippen molar-refractivity contribution < 1.29 is 14.2 Å². The van der Waals surface area contributed by atoms with Gasteiger partial charge in [0, 0.05) is 5.56 Å². The first kappa shape index (κ1) is 19.3. The Bertz CT molecular complexity index is 1130. The van der Waals surface area contributed by atoms with Gasteiger partial charge in [-0.15, -0.1) is 0 Å². The molecule has 5 nitrogen and oxygen atoms in total. The van der Waals surface area contributed by atoms with Gasteiger partial charge in [0.05, 0.1) is 36.3 Å². The van der Waals surface area contributed by atoms with Crippen LogP contribution < -0.4 is 14.2 Å². The molecule has 0 N–H and O–H groups in total. The van der Waals surface area contributed by atoms with Crippen molar-refractivity contribution >= 4 is 27.0 Å². The molecule has 148 valence electrons. The van der Waals surface area contributed by atoms with Gasteiger partial charge in [-0.25, -0.2) is 4.98 Å². The van der Waals surface area contributed by atoms with Crippen LogP contribution in [0.4, 0.5) is 0 Å². The van der Waals surface area contributed by atoms with E-state index < -0.39 is 0 Å². The molecule has 0 bridgehead atoms. The molecule has 0 saturated carbocycles. The van der Waals surface area contributed by atoms with Crippen molar-refractivity contribution in [1.29, 1.82) is 0 Å². The SMILES string of the molecule is COc1cc(Cn2c(COc3ccccc3)nc3ccccc32)c(OC)cc1Br. The molecular weight excluding hydrogens is 432 g/mol. The molecule has 0 atom stereocenters. The number of hydrogen-bond donors (Lipinski definition) is 0. The average Bonchev–Trinajstić information content (AvgIpc) is 3.11. The maximum Gasteiger partial charge on any atom is 0.148 e. The van der Waals surface area contributed by atoms with E-state index in [1.54, 1.807) is 14.2 Å². The maximum absolute atomic E-state index is 5.97. The van der Waals surface area contributed by atoms with Crippen LogP contribution in [0.3, 0.4) is 0 Å². The summed E-state index contributed by atoms with van der Waals surface area (Å²) in [6, 6.07) is 21.8. The third-order valence-electron chi connectivity index (χ3n) is 4.73. The molecule has 0 fully saturated rings. The minimum absolute atomic E-state index is 0.370. The van der Waals surface area contributed by atoms with Gasteiger partial charge >= 0.3 is 0 Å². The van der Waals surface area contributed by atoms with Crippen LogP contribution >= 0.6 is 15.9 Å². The van der Waals surface area contributed by atoms with Gasteiger partial charge in [0.15, 0.2) is 0 Å². The predicted octanol–water partition coefficient (Wildman–Crippen LogP) is 5.44. The van der Waals surface area contributed by atoms with Gasteiger partial charge < -0.3 is 18.8 Å². The number of methoxy groups -OCH3 is 2. The average molecular weight is 453 g/mol. The van der Waals surface area contributed by atoms with Crippen molar-refractivity contribution in [3.8, 4) is 17.2 Å². The first-order valence-electron chi connectivity index (χ1n) is 9.22. The van der Waals surface area contributed by atoms with Gasteiger partial charge in [0.1, 0.15) is 29.7 Å². The van der Waals surface area contributed by atoms with Gasteiger partial charge in [0.25, 0.3) is 0 Å². The monoisotopic (exact) mass is 452 g/mol. The van der Waals surface area contributed by atoms with E-state index in [4.69, 9.17) is 19.2 Å². The number of imidazole rings is 1. The Labute approximate surface area is 178 Å². The molecule has 0 unspecified atom stereocenters. The number of aromatic nitrogens is 2. The van der Waals surface area contributed by atoms with Gasteiger partial charge in [-0.2, -0.15) is 0 Å². The lowest BCUT2D eigenvalue weighted by Crippen LogP contribution is -2.09. The second kappa shape index (κ2) is 8.57. The van der Waals surface area contributed by atoms with Gasteiger partial charge in [-0.3, -0.25) is 0 Å². The van der Waals surface area contributed by atoms with Crippen LogP contribution in [0.5, 0.6) is 17.2 Å². The van der Waals surface area contributed by atoms with Crippen LogP contribution in [0.15, 0.2) is 71.2 Å². The second-order valence-electron chi connectivity index (χ2n) is 6.50. The van der Waals surface area contributed by atoms with Crippen molar-refractivity contribution in [2.45, 2.75) is 13.2 Å². The molecule has 0 amide bonds. The molecule has 0 aliphatic heterocycles. The fourth-order valence-corrected chi connectivity index (χ4v) is 3.78. The first-order valence-corrected chi connectivity index (χ1v) is 10.0. The molecule has 4 rings (SSSR count). The van der Waals surface area contributed by atoms with Crippen LogP contribution in [0, 0.1) is 0 Å². The number of benzene rings is 3. The van der Waals surface area contributed by atoms with E-state index in [-0.39, 0.29) is 0 Å². The molecule has 29 heavy (non-hydrogen) atoms. The van der Waals surface area contributed by atoms with Crippen molar-refractivity contribution in [1.82, 2.24) is 9.55 Å². The van der Waals surface area contributed by atoms with E-state index in [1.807, 2.05) is 60.7 Å². The molecule has 1 heterocycles. The van der Waals surface area contributed by atoms with Crippen LogP contribution in [-0.2, 0) is 13.2 Å². The Morgan fingerprint density at radius 3 is 2.38 bits per heavy atom. The first-order chi connectivity index (χ1) is 14.2. The Morgan fingerprint density at radius 1 is 0.897 bits per heavy atom. The summed E-state index contributed by atoms with van der Waals surface area (Å²) < 4.78 is 20.1. The van der Waals surface area contributed by atoms with E-state index in [2.05, 4.69) is 26.6 Å². The molecule has 0 spiro atoms. The highest BCUT2D eigenvalue weighted by molar-refractivity contribution is 9.10. The summed E-state index contributed by atoms with van der Waals surface area (Å²) in [5.41, 5.74) is 2.97. The molecule has 0 aliphatic rings. The number of hydrogen-bond acceptors (Lipinski definition) is 4. The third-order valence-corrected chi connectivity index (χ3v) is 5.35. The highest BCUT2D eigenvalue weighted by atomic mass is 79.9. The molecule has 4 aromatic rings. The summed E-state index contributed by atoms with van der Waals surface area (Å²) in [4.78, 5) is 4.80. The summed E-state index contributed by atoms with van der Waals surface area (Å²) in [5, 5.41) is 0. The Morgan fingerprint density at radius 2 is 1.62 bits per heavy atom. The topological polar surface area (TPSA) is 45.5 Å². The normalized spacial score (nSPS) is 10.9. The number of halogens is 1.